The molecule has 1 amide bonds. The van der Waals surface area contributed by atoms with Gasteiger partial charge < -0.3 is 20.2 Å². The minimum Gasteiger partial charge on any atom is -0.416 e. The summed E-state index contributed by atoms with van der Waals surface area (Å²) in [5.41, 5.74) is 1.99. The number of carbonyl (C=O) groups excluding carboxylic acids is 1. The van der Waals surface area contributed by atoms with Crippen LogP contribution in [-0.2, 0) is 5.60 Å². The zero-order chi connectivity index (χ0) is 24.2. The van der Waals surface area contributed by atoms with Crippen molar-refractivity contribution >= 4 is 27.5 Å². The van der Waals surface area contributed by atoms with Crippen LogP contribution in [0.3, 0.4) is 0 Å². The molecule has 4 rings (SSSR count). The quantitative estimate of drug-likeness (QED) is 0.525. The van der Waals surface area contributed by atoms with Crippen LogP contribution in [0.4, 0.5) is 27.6 Å². The van der Waals surface area contributed by atoms with E-state index in [1.807, 2.05) is 0 Å². The molecule has 33 heavy (non-hydrogen) atoms. The molecule has 180 valence electrons. The van der Waals surface area contributed by atoms with Crippen LogP contribution in [-0.4, -0.2) is 55.8 Å². The zero-order valence-corrected chi connectivity index (χ0v) is 18.6. The molecule has 0 saturated heterocycles. The number of aliphatic hydroxyl groups is 1. The van der Waals surface area contributed by atoms with E-state index in [-0.39, 0.29) is 47.4 Å². The number of fused-ring (bicyclic) bond motifs is 5. The summed E-state index contributed by atoms with van der Waals surface area (Å²) in [6.45, 7) is 0.0379. The molecule has 1 unspecified atom stereocenters. The van der Waals surface area contributed by atoms with Crippen LogP contribution in [0.25, 0.3) is 11.6 Å². The van der Waals surface area contributed by atoms with Crippen LogP contribution in [0.2, 0.25) is 0 Å². The second-order valence-electron chi connectivity index (χ2n) is 8.25. The van der Waals surface area contributed by atoms with Gasteiger partial charge in [0.2, 0.25) is 5.60 Å². The van der Waals surface area contributed by atoms with Crippen molar-refractivity contribution in [3.63, 3.8) is 0 Å². The molecule has 1 saturated carbocycles. The first kappa shape index (κ1) is 23.8. The molecule has 3 heterocycles. The van der Waals surface area contributed by atoms with E-state index in [1.165, 1.54) is 11.0 Å². The van der Waals surface area contributed by atoms with Gasteiger partial charge >= 0.3 is 6.18 Å². The predicted octanol–water partition coefficient (Wildman–Crippen LogP) is 4.04. The molecule has 2 aromatic heterocycles. The highest BCUT2D eigenvalue weighted by Gasteiger charge is 2.58. The van der Waals surface area contributed by atoms with Gasteiger partial charge in [-0.1, -0.05) is 6.42 Å². The van der Waals surface area contributed by atoms with Crippen LogP contribution in [0.5, 0.6) is 0 Å². The molecule has 0 aromatic carbocycles. The second-order valence-corrected chi connectivity index (χ2v) is 9.11. The SMILES string of the molecule is Nc1cc(Br)c2nc1-c1nnc(o1)C(O)(C(F)(F)F)CCCCCN(C1CC(F)(F)C1)C2=O. The maximum atomic E-state index is 13.7. The minimum atomic E-state index is -5.10. The molecular formula is C19H19BrF5N5O3. The first-order valence-electron chi connectivity index (χ1n) is 10.1. The number of nitrogens with zero attached hydrogens (tertiary/aromatic N) is 4. The second kappa shape index (κ2) is 8.15. The number of pyridine rings is 1. The van der Waals surface area contributed by atoms with Gasteiger partial charge in [-0.25, -0.2) is 13.8 Å². The third-order valence-corrected chi connectivity index (χ3v) is 6.47. The van der Waals surface area contributed by atoms with E-state index in [9.17, 15) is 31.9 Å². The van der Waals surface area contributed by atoms with Gasteiger partial charge in [0, 0.05) is 25.4 Å². The summed E-state index contributed by atoms with van der Waals surface area (Å²) in [6.07, 6.45) is -6.56. The summed E-state index contributed by atoms with van der Waals surface area (Å²) in [5, 5.41) is 17.3. The molecule has 4 bridgehead atoms. The molecule has 0 spiro atoms. The number of rotatable bonds is 1. The van der Waals surface area contributed by atoms with Crippen LogP contribution < -0.4 is 5.73 Å². The topological polar surface area (TPSA) is 118 Å². The van der Waals surface area contributed by atoms with E-state index in [0.29, 0.717) is 0 Å². The van der Waals surface area contributed by atoms with Crippen molar-refractivity contribution in [1.29, 1.82) is 0 Å². The Kier molecular flexibility index (Phi) is 5.88. The summed E-state index contributed by atoms with van der Waals surface area (Å²) in [4.78, 5) is 18.6. The van der Waals surface area contributed by atoms with Gasteiger partial charge in [0.15, 0.2) is 5.69 Å². The Balaban J connectivity index is 1.79. The summed E-state index contributed by atoms with van der Waals surface area (Å²) >= 11 is 3.18. The molecule has 8 nitrogen and oxygen atoms in total. The van der Waals surface area contributed by atoms with Gasteiger partial charge in [-0.15, -0.1) is 10.2 Å². The fourth-order valence-corrected chi connectivity index (χ4v) is 4.46. The van der Waals surface area contributed by atoms with Gasteiger partial charge in [-0.05, 0) is 41.3 Å². The first-order chi connectivity index (χ1) is 15.3. The average molecular weight is 540 g/mol. The van der Waals surface area contributed by atoms with Crippen molar-refractivity contribution < 1.29 is 36.3 Å². The van der Waals surface area contributed by atoms with Crippen LogP contribution in [0.15, 0.2) is 15.0 Å². The normalized spacial score (nSPS) is 24.3. The summed E-state index contributed by atoms with van der Waals surface area (Å²) in [7, 11) is 0. The van der Waals surface area contributed by atoms with Crippen molar-refractivity contribution in [2.75, 3.05) is 12.3 Å². The standard InChI is InChI=1S/C19H19BrF5N5O3/c20-10-6-11(26)13-14-28-29-16(33-14)18(32,19(23,24)25)4-2-1-3-5-30(15(31)12(10)27-13)9-7-17(21,22)8-9/h6,9,32H,1-5,7-8,26H2. The van der Waals surface area contributed by atoms with Crippen LogP contribution >= 0.6 is 15.9 Å². The number of carbonyl (C=O) groups is 1. The lowest BCUT2D eigenvalue weighted by molar-refractivity contribution is -0.277. The number of nitrogens with two attached hydrogens (primary N) is 1. The van der Waals surface area contributed by atoms with Crippen LogP contribution in [0, 0.1) is 0 Å². The molecule has 0 radical (unpaired) electrons. The molecular weight excluding hydrogens is 521 g/mol. The van der Waals surface area contributed by atoms with E-state index in [4.69, 9.17) is 10.2 Å². The number of amides is 1. The summed E-state index contributed by atoms with van der Waals surface area (Å²) in [5.74, 6) is -5.10. The Morgan fingerprint density at radius 1 is 1.18 bits per heavy atom. The monoisotopic (exact) mass is 539 g/mol. The van der Waals surface area contributed by atoms with E-state index in [1.54, 1.807) is 0 Å². The lowest BCUT2D eigenvalue weighted by atomic mass is 9.86. The van der Waals surface area contributed by atoms with Crippen molar-refractivity contribution in [2.24, 2.45) is 0 Å². The highest BCUT2D eigenvalue weighted by Crippen LogP contribution is 2.44. The van der Waals surface area contributed by atoms with Crippen molar-refractivity contribution in [2.45, 2.75) is 62.3 Å². The molecule has 1 atom stereocenters. The number of alkyl halides is 5. The number of anilines is 1. The van der Waals surface area contributed by atoms with Gasteiger partial charge in [0.05, 0.1) is 10.2 Å². The largest absolute Gasteiger partial charge is 0.426 e. The summed E-state index contributed by atoms with van der Waals surface area (Å²) < 4.78 is 73.4. The Bertz CT molecular complexity index is 1070. The number of halogens is 6. The van der Waals surface area contributed by atoms with Gasteiger partial charge in [0.1, 0.15) is 5.69 Å². The predicted molar refractivity (Wildman–Crippen MR) is 107 cm³/mol. The van der Waals surface area contributed by atoms with E-state index < -0.39 is 60.7 Å². The minimum absolute atomic E-state index is 0.0379. The van der Waals surface area contributed by atoms with E-state index >= 15 is 0 Å². The fraction of sp³-hybridized carbons (Fsp3) is 0.579. The number of hydrogen-bond donors (Lipinski definition) is 2. The summed E-state index contributed by atoms with van der Waals surface area (Å²) in [6, 6.07) is 0.548. The lowest BCUT2D eigenvalue weighted by Gasteiger charge is -2.42. The molecule has 14 heteroatoms. The Labute approximate surface area is 192 Å². The Morgan fingerprint density at radius 2 is 1.88 bits per heavy atom. The third kappa shape index (κ3) is 4.29. The van der Waals surface area contributed by atoms with Crippen molar-refractivity contribution in [1.82, 2.24) is 20.1 Å². The number of hydrogen-bond acceptors (Lipinski definition) is 7. The Morgan fingerprint density at radius 3 is 2.52 bits per heavy atom. The highest BCUT2D eigenvalue weighted by molar-refractivity contribution is 9.10. The smallest absolute Gasteiger partial charge is 0.416 e. The van der Waals surface area contributed by atoms with Crippen molar-refractivity contribution in [3.8, 4) is 11.6 Å². The maximum absolute atomic E-state index is 13.7. The first-order valence-corrected chi connectivity index (χ1v) is 10.9. The molecule has 1 fully saturated rings. The maximum Gasteiger partial charge on any atom is 0.426 e. The van der Waals surface area contributed by atoms with Crippen molar-refractivity contribution in [3.05, 3.63) is 22.1 Å². The molecule has 1 aliphatic heterocycles. The lowest BCUT2D eigenvalue weighted by Crippen LogP contribution is -2.53. The van der Waals surface area contributed by atoms with Gasteiger partial charge in [0.25, 0.3) is 23.6 Å². The highest BCUT2D eigenvalue weighted by atomic mass is 79.9. The molecule has 1 aliphatic carbocycles. The molecule has 2 aliphatic rings. The average Bonchev–Trinajstić information content (AvgIpc) is 3.17. The van der Waals surface area contributed by atoms with E-state index in [2.05, 4.69) is 31.1 Å². The number of nitrogen functional groups attached to an aromatic ring is 1. The fourth-order valence-electron chi connectivity index (χ4n) is 3.96. The molecule has 3 N–H and O–H groups in total. The van der Waals surface area contributed by atoms with Gasteiger partial charge in [-0.2, -0.15) is 13.2 Å². The van der Waals surface area contributed by atoms with E-state index in [0.717, 1.165) is 0 Å². The van der Waals surface area contributed by atoms with Crippen LogP contribution in [0.1, 0.15) is 54.9 Å². The Hall–Kier alpha value is -2.35. The van der Waals surface area contributed by atoms with Gasteiger partial charge in [-0.3, -0.25) is 4.79 Å². The third-order valence-electron chi connectivity index (χ3n) is 5.87. The number of aromatic nitrogens is 3. The zero-order valence-electron chi connectivity index (χ0n) is 17.0. The molecule has 2 aromatic rings.